The van der Waals surface area contributed by atoms with Crippen LogP contribution in [0.1, 0.15) is 12.5 Å². The lowest BCUT2D eigenvalue weighted by Crippen LogP contribution is -2.24. The Morgan fingerprint density at radius 1 is 1.60 bits per heavy atom. The SMILES string of the molecule is COc1ncccc1CN(C)CC(C)Br. The summed E-state index contributed by atoms with van der Waals surface area (Å²) in [5, 5.41) is 0. The van der Waals surface area contributed by atoms with Gasteiger partial charge in [0.15, 0.2) is 0 Å². The summed E-state index contributed by atoms with van der Waals surface area (Å²) in [4.78, 5) is 6.89. The molecule has 0 fully saturated rings. The monoisotopic (exact) mass is 272 g/mol. The predicted octanol–water partition coefficient (Wildman–Crippen LogP) is 2.31. The second kappa shape index (κ2) is 6.08. The molecule has 1 rings (SSSR count). The molecule has 1 aromatic heterocycles. The molecule has 84 valence electrons. The second-order valence-electron chi connectivity index (χ2n) is 3.65. The van der Waals surface area contributed by atoms with Crippen LogP contribution in [0.25, 0.3) is 0 Å². The summed E-state index contributed by atoms with van der Waals surface area (Å²) in [5.74, 6) is 0.714. The highest BCUT2D eigenvalue weighted by molar-refractivity contribution is 9.09. The highest BCUT2D eigenvalue weighted by atomic mass is 79.9. The van der Waals surface area contributed by atoms with Crippen molar-refractivity contribution in [2.24, 2.45) is 0 Å². The largest absolute Gasteiger partial charge is 0.481 e. The van der Waals surface area contributed by atoms with Gasteiger partial charge in [-0.3, -0.25) is 0 Å². The molecule has 0 amide bonds. The number of ether oxygens (including phenoxy) is 1. The molecule has 0 spiro atoms. The van der Waals surface area contributed by atoms with Crippen molar-refractivity contribution < 1.29 is 4.74 Å². The highest BCUT2D eigenvalue weighted by Crippen LogP contribution is 2.15. The van der Waals surface area contributed by atoms with E-state index in [0.717, 1.165) is 18.7 Å². The van der Waals surface area contributed by atoms with E-state index in [2.05, 4.69) is 39.8 Å². The smallest absolute Gasteiger partial charge is 0.217 e. The first kappa shape index (κ1) is 12.5. The molecular formula is C11H17BrN2O. The van der Waals surface area contributed by atoms with E-state index in [-0.39, 0.29) is 0 Å². The van der Waals surface area contributed by atoms with E-state index < -0.39 is 0 Å². The summed E-state index contributed by atoms with van der Waals surface area (Å²) in [6.45, 7) is 3.99. The van der Waals surface area contributed by atoms with Gasteiger partial charge in [-0.1, -0.05) is 28.9 Å². The van der Waals surface area contributed by atoms with E-state index in [0.29, 0.717) is 10.7 Å². The fourth-order valence-electron chi connectivity index (χ4n) is 1.51. The molecule has 15 heavy (non-hydrogen) atoms. The molecule has 0 aliphatic carbocycles. The van der Waals surface area contributed by atoms with Crippen molar-refractivity contribution in [1.82, 2.24) is 9.88 Å². The Morgan fingerprint density at radius 3 is 2.93 bits per heavy atom. The van der Waals surface area contributed by atoms with Crippen molar-refractivity contribution in [3.63, 3.8) is 0 Å². The molecule has 0 bridgehead atoms. The quantitative estimate of drug-likeness (QED) is 0.770. The van der Waals surface area contributed by atoms with Crippen LogP contribution in [-0.2, 0) is 6.54 Å². The summed E-state index contributed by atoms with van der Waals surface area (Å²) < 4.78 is 5.20. The van der Waals surface area contributed by atoms with Crippen LogP contribution in [-0.4, -0.2) is 35.4 Å². The van der Waals surface area contributed by atoms with E-state index in [9.17, 15) is 0 Å². The van der Waals surface area contributed by atoms with Crippen LogP contribution < -0.4 is 4.74 Å². The van der Waals surface area contributed by atoms with Gasteiger partial charge >= 0.3 is 0 Å². The first-order valence-electron chi connectivity index (χ1n) is 4.94. The lowest BCUT2D eigenvalue weighted by molar-refractivity contribution is 0.319. The Balaban J connectivity index is 2.63. The second-order valence-corrected chi connectivity index (χ2v) is 5.21. The van der Waals surface area contributed by atoms with Crippen LogP contribution in [0.4, 0.5) is 0 Å². The van der Waals surface area contributed by atoms with Gasteiger partial charge in [0.2, 0.25) is 5.88 Å². The Labute approximate surface area is 99.6 Å². The van der Waals surface area contributed by atoms with Gasteiger partial charge in [0, 0.05) is 29.7 Å². The zero-order valence-corrected chi connectivity index (χ0v) is 11.0. The first-order valence-corrected chi connectivity index (χ1v) is 5.85. The van der Waals surface area contributed by atoms with Gasteiger partial charge in [-0.05, 0) is 13.1 Å². The number of nitrogens with zero attached hydrogens (tertiary/aromatic N) is 2. The van der Waals surface area contributed by atoms with Crippen LogP contribution >= 0.6 is 15.9 Å². The van der Waals surface area contributed by atoms with Crippen LogP contribution in [0.5, 0.6) is 5.88 Å². The minimum Gasteiger partial charge on any atom is -0.481 e. The standard InChI is InChI=1S/C11H17BrN2O/c1-9(12)7-14(2)8-10-5-4-6-13-11(10)15-3/h4-6,9H,7-8H2,1-3H3. The maximum Gasteiger partial charge on any atom is 0.217 e. The zero-order valence-electron chi connectivity index (χ0n) is 9.40. The topological polar surface area (TPSA) is 25.4 Å². The fraction of sp³-hybridized carbons (Fsp3) is 0.545. The molecule has 0 aromatic carbocycles. The van der Waals surface area contributed by atoms with E-state index in [4.69, 9.17) is 4.74 Å². The normalized spacial score (nSPS) is 12.9. The van der Waals surface area contributed by atoms with Crippen molar-refractivity contribution in [2.45, 2.75) is 18.3 Å². The van der Waals surface area contributed by atoms with Gasteiger partial charge in [-0.25, -0.2) is 4.98 Å². The Kier molecular flexibility index (Phi) is 5.05. The lowest BCUT2D eigenvalue weighted by Gasteiger charge is -2.18. The van der Waals surface area contributed by atoms with Crippen molar-refractivity contribution in [3.05, 3.63) is 23.9 Å². The van der Waals surface area contributed by atoms with Gasteiger partial charge in [-0.15, -0.1) is 0 Å². The van der Waals surface area contributed by atoms with Crippen molar-refractivity contribution in [2.75, 3.05) is 20.7 Å². The van der Waals surface area contributed by atoms with E-state index in [1.54, 1.807) is 13.3 Å². The Morgan fingerprint density at radius 2 is 2.33 bits per heavy atom. The molecule has 0 aliphatic heterocycles. The molecule has 1 heterocycles. The molecule has 1 unspecified atom stereocenters. The molecular weight excluding hydrogens is 256 g/mol. The molecule has 0 aliphatic rings. The number of rotatable bonds is 5. The summed E-state index contributed by atoms with van der Waals surface area (Å²) in [7, 11) is 3.74. The molecule has 0 radical (unpaired) electrons. The molecule has 1 atom stereocenters. The van der Waals surface area contributed by atoms with Crippen LogP contribution in [0.3, 0.4) is 0 Å². The van der Waals surface area contributed by atoms with Crippen LogP contribution in [0, 0.1) is 0 Å². The van der Waals surface area contributed by atoms with Gasteiger partial charge < -0.3 is 9.64 Å². The number of halogens is 1. The Hall–Kier alpha value is -0.610. The zero-order chi connectivity index (χ0) is 11.3. The van der Waals surface area contributed by atoms with Gasteiger partial charge in [0.05, 0.1) is 7.11 Å². The van der Waals surface area contributed by atoms with Gasteiger partial charge in [-0.2, -0.15) is 0 Å². The number of methoxy groups -OCH3 is 1. The van der Waals surface area contributed by atoms with E-state index in [1.165, 1.54) is 0 Å². The maximum atomic E-state index is 5.20. The predicted molar refractivity (Wildman–Crippen MR) is 65.5 cm³/mol. The van der Waals surface area contributed by atoms with E-state index >= 15 is 0 Å². The molecule has 4 heteroatoms. The van der Waals surface area contributed by atoms with Crippen LogP contribution in [0.15, 0.2) is 18.3 Å². The molecule has 3 nitrogen and oxygen atoms in total. The summed E-state index contributed by atoms with van der Waals surface area (Å²) in [6, 6.07) is 3.98. The highest BCUT2D eigenvalue weighted by Gasteiger charge is 2.08. The van der Waals surface area contributed by atoms with Crippen molar-refractivity contribution >= 4 is 15.9 Å². The average molecular weight is 273 g/mol. The maximum absolute atomic E-state index is 5.20. The third-order valence-corrected chi connectivity index (χ3v) is 2.34. The summed E-state index contributed by atoms with van der Waals surface area (Å²) in [6.07, 6.45) is 1.75. The van der Waals surface area contributed by atoms with E-state index in [1.807, 2.05) is 12.1 Å². The fourth-order valence-corrected chi connectivity index (χ4v) is 2.01. The van der Waals surface area contributed by atoms with Gasteiger partial charge in [0.25, 0.3) is 0 Å². The van der Waals surface area contributed by atoms with Gasteiger partial charge in [0.1, 0.15) is 0 Å². The minimum absolute atomic E-state index is 0.491. The molecule has 0 N–H and O–H groups in total. The number of alkyl halides is 1. The molecule has 0 saturated carbocycles. The number of pyridine rings is 1. The lowest BCUT2D eigenvalue weighted by atomic mass is 10.2. The first-order chi connectivity index (χ1) is 7.13. The third kappa shape index (κ3) is 4.18. The number of hydrogen-bond donors (Lipinski definition) is 0. The molecule has 1 aromatic rings. The van der Waals surface area contributed by atoms with Crippen LogP contribution in [0.2, 0.25) is 0 Å². The minimum atomic E-state index is 0.491. The summed E-state index contributed by atoms with van der Waals surface area (Å²) >= 11 is 3.54. The number of hydrogen-bond acceptors (Lipinski definition) is 3. The summed E-state index contributed by atoms with van der Waals surface area (Å²) in [5.41, 5.74) is 1.12. The number of aromatic nitrogens is 1. The van der Waals surface area contributed by atoms with Crippen molar-refractivity contribution in [3.8, 4) is 5.88 Å². The molecule has 0 saturated heterocycles. The third-order valence-electron chi connectivity index (χ3n) is 2.05. The van der Waals surface area contributed by atoms with Crippen molar-refractivity contribution in [1.29, 1.82) is 0 Å². The Bertz CT molecular complexity index is 304. The average Bonchev–Trinajstić information content (AvgIpc) is 2.17.